The van der Waals surface area contributed by atoms with Crippen molar-refractivity contribution in [3.8, 4) is 5.75 Å². The zero-order valence-electron chi connectivity index (χ0n) is 10.8. The molecule has 2 aromatic rings. The van der Waals surface area contributed by atoms with Gasteiger partial charge in [-0.1, -0.05) is 35.9 Å². The molecule has 0 amide bonds. The second-order valence-corrected chi connectivity index (χ2v) is 6.78. The molecule has 0 aliphatic carbocycles. The molecule has 1 atom stereocenters. The molecular weight excluding hydrogens is 281 g/mol. The molecule has 0 saturated heterocycles. The standard InChI is InChI=1S/C14H15ClNO2P/c1-11-13(15)9-6-10-14(11)16-19(2,17)18-12-7-4-3-5-8-12/h3-10H,1-2H3,(H,16,17)/t19-/m0/s1. The molecule has 0 fully saturated rings. The lowest BCUT2D eigenvalue weighted by Crippen LogP contribution is -2.03. The SMILES string of the molecule is Cc1c(Cl)cccc1N[P@@](C)(=O)Oc1ccccc1. The normalized spacial score (nSPS) is 13.6. The topological polar surface area (TPSA) is 38.3 Å². The van der Waals surface area contributed by atoms with E-state index in [2.05, 4.69) is 5.09 Å². The van der Waals surface area contributed by atoms with Crippen LogP contribution >= 0.6 is 19.1 Å². The first-order valence-corrected chi connectivity index (χ1v) is 8.28. The first-order valence-electron chi connectivity index (χ1n) is 5.83. The van der Waals surface area contributed by atoms with Crippen LogP contribution in [0.5, 0.6) is 5.75 Å². The molecule has 0 unspecified atom stereocenters. The number of rotatable bonds is 4. The Kier molecular flexibility index (Phi) is 4.18. The minimum Gasteiger partial charge on any atom is -0.429 e. The Morgan fingerprint density at radius 3 is 2.47 bits per heavy atom. The highest BCUT2D eigenvalue weighted by atomic mass is 35.5. The number of para-hydroxylation sites is 1. The van der Waals surface area contributed by atoms with Crippen LogP contribution in [0.3, 0.4) is 0 Å². The fourth-order valence-corrected chi connectivity index (χ4v) is 3.08. The lowest BCUT2D eigenvalue weighted by Gasteiger charge is -2.19. The summed E-state index contributed by atoms with van der Waals surface area (Å²) in [4.78, 5) is 0. The van der Waals surface area contributed by atoms with Gasteiger partial charge in [0.2, 0.25) is 0 Å². The fourth-order valence-electron chi connectivity index (χ4n) is 1.65. The molecule has 0 radical (unpaired) electrons. The Balaban J connectivity index is 2.17. The van der Waals surface area contributed by atoms with Crippen LogP contribution in [0.25, 0.3) is 0 Å². The summed E-state index contributed by atoms with van der Waals surface area (Å²) in [5.41, 5.74) is 1.57. The Morgan fingerprint density at radius 1 is 1.11 bits per heavy atom. The van der Waals surface area contributed by atoms with Crippen molar-refractivity contribution in [2.24, 2.45) is 0 Å². The maximum atomic E-state index is 12.4. The van der Waals surface area contributed by atoms with Gasteiger partial charge >= 0.3 is 7.52 Å². The first-order chi connectivity index (χ1) is 8.98. The Labute approximate surface area is 118 Å². The van der Waals surface area contributed by atoms with E-state index in [1.54, 1.807) is 30.9 Å². The number of anilines is 1. The van der Waals surface area contributed by atoms with Crippen molar-refractivity contribution in [3.05, 3.63) is 59.1 Å². The zero-order valence-corrected chi connectivity index (χ0v) is 12.4. The van der Waals surface area contributed by atoms with Crippen molar-refractivity contribution in [3.63, 3.8) is 0 Å². The van der Waals surface area contributed by atoms with E-state index in [0.717, 1.165) is 5.56 Å². The van der Waals surface area contributed by atoms with E-state index in [4.69, 9.17) is 16.1 Å². The summed E-state index contributed by atoms with van der Waals surface area (Å²) in [6.45, 7) is 3.41. The summed E-state index contributed by atoms with van der Waals surface area (Å²) >= 11 is 6.03. The highest BCUT2D eigenvalue weighted by Gasteiger charge is 2.18. The predicted octanol–water partition coefficient (Wildman–Crippen LogP) is 4.96. The van der Waals surface area contributed by atoms with E-state index >= 15 is 0 Å². The third-order valence-electron chi connectivity index (χ3n) is 2.61. The number of hydrogen-bond acceptors (Lipinski definition) is 2. The summed E-state index contributed by atoms with van der Waals surface area (Å²) in [7, 11) is -2.99. The molecule has 0 bridgehead atoms. The Morgan fingerprint density at radius 2 is 1.79 bits per heavy atom. The number of halogens is 1. The summed E-state index contributed by atoms with van der Waals surface area (Å²) < 4.78 is 17.9. The predicted molar refractivity (Wildman–Crippen MR) is 80.4 cm³/mol. The van der Waals surface area contributed by atoms with Gasteiger partial charge in [-0.2, -0.15) is 0 Å². The van der Waals surface area contributed by atoms with Crippen LogP contribution in [0, 0.1) is 6.92 Å². The smallest absolute Gasteiger partial charge is 0.338 e. The van der Waals surface area contributed by atoms with Gasteiger partial charge in [-0.05, 0) is 36.8 Å². The molecule has 3 nitrogen and oxygen atoms in total. The van der Waals surface area contributed by atoms with Gasteiger partial charge in [0.15, 0.2) is 0 Å². The quantitative estimate of drug-likeness (QED) is 0.810. The third-order valence-corrected chi connectivity index (χ3v) is 4.23. The van der Waals surface area contributed by atoms with Gasteiger partial charge < -0.3 is 9.61 Å². The lowest BCUT2D eigenvalue weighted by atomic mass is 10.2. The molecule has 1 N–H and O–H groups in total. The van der Waals surface area contributed by atoms with E-state index in [-0.39, 0.29) is 0 Å². The molecule has 5 heteroatoms. The molecule has 0 aliphatic heterocycles. The highest BCUT2D eigenvalue weighted by molar-refractivity contribution is 7.60. The first kappa shape index (κ1) is 14.0. The molecule has 0 spiro atoms. The van der Waals surface area contributed by atoms with Gasteiger partial charge in [0, 0.05) is 17.4 Å². The van der Waals surface area contributed by atoms with Crippen LogP contribution in [0.1, 0.15) is 5.56 Å². The van der Waals surface area contributed by atoms with Crippen molar-refractivity contribution in [2.45, 2.75) is 6.92 Å². The maximum Gasteiger partial charge on any atom is 0.338 e. The molecule has 0 aliphatic rings. The van der Waals surface area contributed by atoms with Gasteiger partial charge in [-0.3, -0.25) is 4.57 Å². The van der Waals surface area contributed by atoms with Crippen LogP contribution in [0.2, 0.25) is 5.02 Å². The number of nitrogens with one attached hydrogen (secondary N) is 1. The average Bonchev–Trinajstić information content (AvgIpc) is 2.35. The second kappa shape index (κ2) is 5.68. The van der Waals surface area contributed by atoms with Crippen LogP contribution in [0.15, 0.2) is 48.5 Å². The monoisotopic (exact) mass is 295 g/mol. The number of benzene rings is 2. The molecule has 0 aromatic heterocycles. The van der Waals surface area contributed by atoms with Crippen molar-refractivity contribution in [1.82, 2.24) is 0 Å². The summed E-state index contributed by atoms with van der Waals surface area (Å²) in [5.74, 6) is 0.570. The molecule has 2 aromatic carbocycles. The van der Waals surface area contributed by atoms with Crippen molar-refractivity contribution >= 4 is 24.8 Å². The minimum absolute atomic E-state index is 0.570. The van der Waals surface area contributed by atoms with Crippen LogP contribution in [-0.2, 0) is 4.57 Å². The number of hydrogen-bond donors (Lipinski definition) is 1. The summed E-state index contributed by atoms with van der Waals surface area (Å²) in [5, 5.41) is 3.55. The van der Waals surface area contributed by atoms with E-state index in [1.165, 1.54) is 0 Å². The van der Waals surface area contributed by atoms with Gasteiger partial charge in [-0.15, -0.1) is 0 Å². The van der Waals surface area contributed by atoms with E-state index < -0.39 is 7.52 Å². The molecule has 19 heavy (non-hydrogen) atoms. The molecule has 0 saturated carbocycles. The Bertz CT molecular complexity index is 616. The van der Waals surface area contributed by atoms with E-state index in [1.807, 2.05) is 31.2 Å². The van der Waals surface area contributed by atoms with Crippen LogP contribution in [0.4, 0.5) is 5.69 Å². The molecule has 100 valence electrons. The third kappa shape index (κ3) is 3.76. The van der Waals surface area contributed by atoms with Crippen LogP contribution < -0.4 is 9.61 Å². The second-order valence-electron chi connectivity index (χ2n) is 4.27. The van der Waals surface area contributed by atoms with E-state index in [0.29, 0.717) is 16.5 Å². The van der Waals surface area contributed by atoms with E-state index in [9.17, 15) is 4.57 Å². The average molecular weight is 296 g/mol. The summed E-state index contributed by atoms with van der Waals surface area (Å²) in [6, 6.07) is 14.5. The largest absolute Gasteiger partial charge is 0.429 e. The van der Waals surface area contributed by atoms with Gasteiger partial charge in [-0.25, -0.2) is 0 Å². The lowest BCUT2D eigenvalue weighted by molar-refractivity contribution is 0.493. The fraction of sp³-hybridized carbons (Fsp3) is 0.143. The van der Waals surface area contributed by atoms with Gasteiger partial charge in [0.25, 0.3) is 0 Å². The van der Waals surface area contributed by atoms with Gasteiger partial charge in [0.1, 0.15) is 5.75 Å². The van der Waals surface area contributed by atoms with Crippen molar-refractivity contribution < 1.29 is 9.09 Å². The van der Waals surface area contributed by atoms with Crippen molar-refractivity contribution in [1.29, 1.82) is 0 Å². The zero-order chi connectivity index (χ0) is 13.9. The molecular formula is C14H15ClNO2P. The molecule has 0 heterocycles. The Hall–Kier alpha value is -1.44. The minimum atomic E-state index is -2.99. The molecule has 2 rings (SSSR count). The summed E-state index contributed by atoms with van der Waals surface area (Å²) in [6.07, 6.45) is 0. The van der Waals surface area contributed by atoms with Crippen molar-refractivity contribution in [2.75, 3.05) is 11.8 Å². The van der Waals surface area contributed by atoms with Crippen LogP contribution in [-0.4, -0.2) is 6.66 Å². The van der Waals surface area contributed by atoms with Gasteiger partial charge in [0.05, 0.1) is 0 Å². The maximum absolute atomic E-state index is 12.4. The highest BCUT2D eigenvalue weighted by Crippen LogP contribution is 2.44.